The maximum Gasteiger partial charge on any atom is 0.316 e. The molecule has 0 unspecified atom stereocenters. The molecule has 0 aliphatic rings. The molecule has 2 aromatic carbocycles. The van der Waals surface area contributed by atoms with Gasteiger partial charge in [-0.1, -0.05) is 35.5 Å². The number of carbonyl (C=O) groups is 1. The quantitative estimate of drug-likeness (QED) is 0.544. The largest absolute Gasteiger partial charge is 0.494 e. The average molecular weight is 377 g/mol. The fourth-order valence-electron chi connectivity index (χ4n) is 2.92. The van der Waals surface area contributed by atoms with E-state index >= 15 is 0 Å². The molecule has 0 aliphatic carbocycles. The molecule has 7 heteroatoms. The van der Waals surface area contributed by atoms with E-state index in [2.05, 4.69) is 15.5 Å². The standard InChI is InChI=1S/C21H19N3O4/c1-3-26-15-10-8-14(9-11-15)12-22-20(25)21-23-19(24-28-21)18-13(2)16-6-4-5-7-17(16)27-18/h4-11H,3,12H2,1-2H3,(H,22,25). The minimum Gasteiger partial charge on any atom is -0.494 e. The highest BCUT2D eigenvalue weighted by molar-refractivity contribution is 5.90. The highest BCUT2D eigenvalue weighted by Crippen LogP contribution is 2.31. The smallest absolute Gasteiger partial charge is 0.316 e. The summed E-state index contributed by atoms with van der Waals surface area (Å²) in [5, 5.41) is 7.64. The third-order valence-corrected chi connectivity index (χ3v) is 4.35. The monoisotopic (exact) mass is 377 g/mol. The molecule has 0 bridgehead atoms. The van der Waals surface area contributed by atoms with Crippen LogP contribution in [-0.4, -0.2) is 22.7 Å². The van der Waals surface area contributed by atoms with Gasteiger partial charge in [0.2, 0.25) is 5.82 Å². The van der Waals surface area contributed by atoms with E-state index in [9.17, 15) is 4.79 Å². The summed E-state index contributed by atoms with van der Waals surface area (Å²) in [6.07, 6.45) is 0. The van der Waals surface area contributed by atoms with Crippen molar-refractivity contribution in [2.75, 3.05) is 6.61 Å². The zero-order valence-electron chi connectivity index (χ0n) is 15.6. The third kappa shape index (κ3) is 3.46. The first-order chi connectivity index (χ1) is 13.7. The molecule has 4 rings (SSSR count). The van der Waals surface area contributed by atoms with Crippen LogP contribution < -0.4 is 10.1 Å². The lowest BCUT2D eigenvalue weighted by atomic mass is 10.1. The Bertz CT molecular complexity index is 1110. The van der Waals surface area contributed by atoms with Crippen LogP contribution in [-0.2, 0) is 6.54 Å². The molecule has 0 aliphatic heterocycles. The number of para-hydroxylation sites is 1. The van der Waals surface area contributed by atoms with Gasteiger partial charge in [0.05, 0.1) is 6.61 Å². The molecule has 2 heterocycles. The SMILES string of the molecule is CCOc1ccc(CNC(=O)c2nc(-c3oc4ccccc4c3C)no2)cc1. The van der Waals surface area contributed by atoms with Crippen molar-refractivity contribution < 1.29 is 18.5 Å². The minimum atomic E-state index is -0.443. The van der Waals surface area contributed by atoms with Crippen LogP contribution in [0.1, 0.15) is 28.7 Å². The summed E-state index contributed by atoms with van der Waals surface area (Å²) in [5.74, 6) is 0.984. The Labute approximate surface area is 161 Å². The number of amides is 1. The van der Waals surface area contributed by atoms with E-state index < -0.39 is 5.91 Å². The lowest BCUT2D eigenvalue weighted by molar-refractivity contribution is 0.0907. The summed E-state index contributed by atoms with van der Waals surface area (Å²) in [6.45, 7) is 4.80. The summed E-state index contributed by atoms with van der Waals surface area (Å²) in [5.41, 5.74) is 2.57. The number of aromatic nitrogens is 2. The summed E-state index contributed by atoms with van der Waals surface area (Å²) in [7, 11) is 0. The van der Waals surface area contributed by atoms with Crippen LogP contribution in [0.3, 0.4) is 0 Å². The number of nitrogens with zero attached hydrogens (tertiary/aromatic N) is 2. The maximum absolute atomic E-state index is 12.3. The zero-order valence-corrected chi connectivity index (χ0v) is 15.6. The maximum atomic E-state index is 12.3. The number of nitrogens with one attached hydrogen (secondary N) is 1. The number of benzene rings is 2. The molecule has 7 nitrogen and oxygen atoms in total. The van der Waals surface area contributed by atoms with Gasteiger partial charge in [-0.3, -0.25) is 4.79 Å². The summed E-state index contributed by atoms with van der Waals surface area (Å²) < 4.78 is 16.3. The molecular formula is C21H19N3O4. The van der Waals surface area contributed by atoms with Crippen molar-refractivity contribution in [3.8, 4) is 17.3 Å². The van der Waals surface area contributed by atoms with E-state index in [4.69, 9.17) is 13.7 Å². The van der Waals surface area contributed by atoms with Crippen LogP contribution in [0.15, 0.2) is 57.5 Å². The van der Waals surface area contributed by atoms with Crippen molar-refractivity contribution in [1.29, 1.82) is 0 Å². The Hall–Kier alpha value is -3.61. The number of hydrogen-bond donors (Lipinski definition) is 1. The lowest BCUT2D eigenvalue weighted by Crippen LogP contribution is -2.23. The molecular weight excluding hydrogens is 358 g/mol. The Morgan fingerprint density at radius 2 is 1.93 bits per heavy atom. The number of aryl methyl sites for hydroxylation is 1. The average Bonchev–Trinajstić information content (AvgIpc) is 3.33. The van der Waals surface area contributed by atoms with E-state index in [-0.39, 0.29) is 11.7 Å². The van der Waals surface area contributed by atoms with E-state index in [1.165, 1.54) is 0 Å². The molecule has 2 aromatic heterocycles. The number of furan rings is 1. The zero-order chi connectivity index (χ0) is 19.5. The molecule has 0 spiro atoms. The Kier molecular flexibility index (Phi) is 4.80. The summed E-state index contributed by atoms with van der Waals surface area (Å²) >= 11 is 0. The topological polar surface area (TPSA) is 90.4 Å². The van der Waals surface area contributed by atoms with E-state index in [0.717, 1.165) is 27.8 Å². The molecule has 4 aromatic rings. The van der Waals surface area contributed by atoms with Crippen LogP contribution in [0.25, 0.3) is 22.6 Å². The van der Waals surface area contributed by atoms with Crippen LogP contribution in [0.2, 0.25) is 0 Å². The van der Waals surface area contributed by atoms with E-state index in [0.29, 0.717) is 18.9 Å². The van der Waals surface area contributed by atoms with Crippen LogP contribution in [0.5, 0.6) is 5.75 Å². The second-order valence-electron chi connectivity index (χ2n) is 6.24. The molecule has 1 amide bonds. The van der Waals surface area contributed by atoms with Crippen LogP contribution in [0.4, 0.5) is 0 Å². The summed E-state index contributed by atoms with van der Waals surface area (Å²) in [6, 6.07) is 15.2. The molecule has 0 radical (unpaired) electrons. The second-order valence-corrected chi connectivity index (χ2v) is 6.24. The first-order valence-electron chi connectivity index (χ1n) is 8.98. The lowest BCUT2D eigenvalue weighted by Gasteiger charge is -2.05. The van der Waals surface area contributed by atoms with Gasteiger partial charge < -0.3 is 19.0 Å². The molecule has 0 atom stereocenters. The van der Waals surface area contributed by atoms with Crippen molar-refractivity contribution in [3.63, 3.8) is 0 Å². The van der Waals surface area contributed by atoms with Crippen molar-refractivity contribution in [1.82, 2.24) is 15.5 Å². The van der Waals surface area contributed by atoms with Crippen molar-refractivity contribution in [2.24, 2.45) is 0 Å². The Morgan fingerprint density at radius 3 is 2.68 bits per heavy atom. The molecule has 1 N–H and O–H groups in total. The van der Waals surface area contributed by atoms with E-state index in [1.54, 1.807) is 0 Å². The third-order valence-electron chi connectivity index (χ3n) is 4.35. The van der Waals surface area contributed by atoms with Gasteiger partial charge in [0.1, 0.15) is 11.3 Å². The van der Waals surface area contributed by atoms with Gasteiger partial charge in [-0.25, -0.2) is 0 Å². The highest BCUT2D eigenvalue weighted by Gasteiger charge is 2.20. The van der Waals surface area contributed by atoms with Gasteiger partial charge in [-0.15, -0.1) is 0 Å². The summed E-state index contributed by atoms with van der Waals surface area (Å²) in [4.78, 5) is 16.5. The molecule has 0 saturated heterocycles. The minimum absolute atomic E-state index is 0.110. The van der Waals surface area contributed by atoms with Crippen LogP contribution >= 0.6 is 0 Å². The Balaban J connectivity index is 1.46. The number of hydrogen-bond acceptors (Lipinski definition) is 6. The van der Waals surface area contributed by atoms with E-state index in [1.807, 2.05) is 62.4 Å². The van der Waals surface area contributed by atoms with Crippen molar-refractivity contribution in [2.45, 2.75) is 20.4 Å². The highest BCUT2D eigenvalue weighted by atomic mass is 16.5. The van der Waals surface area contributed by atoms with Gasteiger partial charge in [0.25, 0.3) is 0 Å². The van der Waals surface area contributed by atoms with Gasteiger partial charge in [0.15, 0.2) is 5.76 Å². The predicted molar refractivity (Wildman–Crippen MR) is 103 cm³/mol. The number of rotatable bonds is 6. The number of ether oxygens (including phenoxy) is 1. The number of carbonyl (C=O) groups excluding carboxylic acids is 1. The van der Waals surface area contributed by atoms with Gasteiger partial charge in [-0.05, 0) is 37.6 Å². The van der Waals surface area contributed by atoms with Crippen molar-refractivity contribution in [3.05, 3.63) is 65.5 Å². The molecule has 142 valence electrons. The Morgan fingerprint density at radius 1 is 1.14 bits per heavy atom. The molecule has 0 saturated carbocycles. The normalized spacial score (nSPS) is 10.9. The van der Waals surface area contributed by atoms with Gasteiger partial charge >= 0.3 is 11.8 Å². The predicted octanol–water partition coefficient (Wildman–Crippen LogP) is 4.12. The fourth-order valence-corrected chi connectivity index (χ4v) is 2.92. The number of fused-ring (bicyclic) bond motifs is 1. The van der Waals surface area contributed by atoms with Gasteiger partial charge in [0, 0.05) is 17.5 Å². The van der Waals surface area contributed by atoms with Gasteiger partial charge in [-0.2, -0.15) is 4.98 Å². The molecule has 0 fully saturated rings. The fraction of sp³-hybridized carbons (Fsp3) is 0.190. The molecule has 28 heavy (non-hydrogen) atoms. The first-order valence-corrected chi connectivity index (χ1v) is 8.98. The first kappa shape index (κ1) is 17.8. The van der Waals surface area contributed by atoms with Crippen molar-refractivity contribution >= 4 is 16.9 Å². The second kappa shape index (κ2) is 7.56. The van der Waals surface area contributed by atoms with Crippen LogP contribution in [0, 0.1) is 6.92 Å².